The predicted octanol–water partition coefficient (Wildman–Crippen LogP) is 5.55. The van der Waals surface area contributed by atoms with Gasteiger partial charge in [-0.05, 0) is 36.6 Å². The van der Waals surface area contributed by atoms with Crippen molar-refractivity contribution in [2.45, 2.75) is 32.9 Å². The average Bonchev–Trinajstić information content (AvgIpc) is 2.49. The lowest BCUT2D eigenvalue weighted by Gasteiger charge is -2.18. The second-order valence-corrected chi connectivity index (χ2v) is 5.77. The van der Waals surface area contributed by atoms with Crippen LogP contribution in [0.15, 0.2) is 36.4 Å². The Balaban J connectivity index is 2.16. The molecule has 1 N–H and O–H groups in total. The monoisotopic (exact) mass is 325 g/mol. The van der Waals surface area contributed by atoms with Crippen LogP contribution in [0.4, 0.5) is 4.39 Å². The van der Waals surface area contributed by atoms with E-state index in [1.165, 1.54) is 23.3 Å². The van der Waals surface area contributed by atoms with Crippen molar-refractivity contribution in [3.63, 3.8) is 0 Å². The molecule has 4 heteroatoms. The molecule has 0 amide bonds. The maximum Gasteiger partial charge on any atom is 0.142 e. The third-order valence-corrected chi connectivity index (χ3v) is 4.32. The summed E-state index contributed by atoms with van der Waals surface area (Å²) in [5, 5.41) is 3.93. The Kier molecular flexibility index (Phi) is 5.63. The number of benzene rings is 2. The molecule has 0 radical (unpaired) electrons. The van der Waals surface area contributed by atoms with Crippen molar-refractivity contribution in [2.24, 2.45) is 0 Å². The molecular weight excluding hydrogens is 308 g/mol. The molecule has 0 aliphatic carbocycles. The van der Waals surface area contributed by atoms with E-state index >= 15 is 0 Å². The fourth-order valence-electron chi connectivity index (χ4n) is 2.38. The van der Waals surface area contributed by atoms with Crippen molar-refractivity contribution in [1.29, 1.82) is 0 Å². The Morgan fingerprint density at radius 2 is 1.76 bits per heavy atom. The topological polar surface area (TPSA) is 12.0 Å². The van der Waals surface area contributed by atoms with Crippen molar-refractivity contribution in [1.82, 2.24) is 5.32 Å². The zero-order valence-electron chi connectivity index (χ0n) is 12.1. The molecule has 2 rings (SSSR count). The van der Waals surface area contributed by atoms with E-state index in [1.54, 1.807) is 0 Å². The quantitative estimate of drug-likeness (QED) is 0.711. The second-order valence-electron chi connectivity index (χ2n) is 4.98. The van der Waals surface area contributed by atoms with Crippen LogP contribution in [0, 0.1) is 5.82 Å². The van der Waals surface area contributed by atoms with E-state index in [4.69, 9.17) is 23.2 Å². The van der Waals surface area contributed by atoms with E-state index in [0.717, 1.165) is 6.42 Å². The summed E-state index contributed by atoms with van der Waals surface area (Å²) in [6.07, 6.45) is 0.980. The number of nitrogens with one attached hydrogen (secondary N) is 1. The molecule has 0 saturated carbocycles. The third-order valence-electron chi connectivity index (χ3n) is 3.61. The Morgan fingerprint density at radius 1 is 1.10 bits per heavy atom. The van der Waals surface area contributed by atoms with Crippen molar-refractivity contribution in [2.75, 3.05) is 0 Å². The van der Waals surface area contributed by atoms with Gasteiger partial charge in [-0.1, -0.05) is 54.4 Å². The normalized spacial score (nSPS) is 12.4. The van der Waals surface area contributed by atoms with Crippen LogP contribution in [-0.4, -0.2) is 0 Å². The first-order chi connectivity index (χ1) is 10.0. The largest absolute Gasteiger partial charge is 0.306 e. The Bertz CT molecular complexity index is 628. The minimum absolute atomic E-state index is 0.0891. The van der Waals surface area contributed by atoms with Crippen LogP contribution in [0.2, 0.25) is 10.0 Å². The van der Waals surface area contributed by atoms with Crippen LogP contribution < -0.4 is 5.32 Å². The lowest BCUT2D eigenvalue weighted by molar-refractivity contribution is 0.564. The zero-order valence-corrected chi connectivity index (χ0v) is 13.6. The average molecular weight is 326 g/mol. The number of aryl methyl sites for hydroxylation is 1. The molecule has 0 aliphatic rings. The van der Waals surface area contributed by atoms with E-state index in [0.29, 0.717) is 17.1 Å². The molecule has 1 unspecified atom stereocenters. The summed E-state index contributed by atoms with van der Waals surface area (Å²) in [7, 11) is 0. The smallest absolute Gasteiger partial charge is 0.142 e. The molecule has 1 atom stereocenters. The first-order valence-corrected chi connectivity index (χ1v) is 7.73. The van der Waals surface area contributed by atoms with E-state index in [9.17, 15) is 4.39 Å². The van der Waals surface area contributed by atoms with Gasteiger partial charge < -0.3 is 5.32 Å². The second kappa shape index (κ2) is 7.26. The summed E-state index contributed by atoms with van der Waals surface area (Å²) in [6, 6.07) is 10.9. The lowest BCUT2D eigenvalue weighted by atomic mass is 10.0. The highest BCUT2D eigenvalue weighted by Gasteiger charge is 2.16. The number of halogens is 3. The number of hydrogen-bond donors (Lipinski definition) is 1. The third kappa shape index (κ3) is 3.76. The summed E-state index contributed by atoms with van der Waals surface area (Å²) in [6.45, 7) is 4.75. The van der Waals surface area contributed by atoms with Crippen LogP contribution in [-0.2, 0) is 13.0 Å². The van der Waals surface area contributed by atoms with Crippen LogP contribution in [0.1, 0.15) is 36.6 Å². The molecule has 0 heterocycles. The van der Waals surface area contributed by atoms with Gasteiger partial charge in [-0.25, -0.2) is 4.39 Å². The van der Waals surface area contributed by atoms with Gasteiger partial charge in [0.1, 0.15) is 5.82 Å². The minimum Gasteiger partial charge on any atom is -0.306 e. The Morgan fingerprint density at radius 3 is 2.43 bits per heavy atom. The van der Waals surface area contributed by atoms with E-state index in [2.05, 4.69) is 24.4 Å². The molecule has 0 aliphatic heterocycles. The number of hydrogen-bond acceptors (Lipinski definition) is 1. The van der Waals surface area contributed by atoms with Crippen LogP contribution in [0.5, 0.6) is 0 Å². The maximum atomic E-state index is 13.6. The predicted molar refractivity (Wildman–Crippen MR) is 87.5 cm³/mol. The van der Waals surface area contributed by atoms with Crippen molar-refractivity contribution >= 4 is 23.2 Å². The molecule has 1 nitrogen and oxygen atoms in total. The molecule has 0 saturated heterocycles. The van der Waals surface area contributed by atoms with Crippen LogP contribution >= 0.6 is 23.2 Å². The van der Waals surface area contributed by atoms with E-state index in [1.807, 2.05) is 19.1 Å². The molecule has 0 spiro atoms. The Labute approximate surface area is 135 Å². The van der Waals surface area contributed by atoms with Gasteiger partial charge in [0.05, 0.1) is 5.02 Å². The molecule has 2 aromatic rings. The standard InChI is InChI=1S/C17H18Cl2FN/c1-3-12-6-4-5-7-13(12)10-21-11(2)16-14(18)8-9-15(20)17(16)19/h4-9,11,21H,3,10H2,1-2H3. The van der Waals surface area contributed by atoms with Gasteiger partial charge in [0.2, 0.25) is 0 Å². The summed E-state index contributed by atoms with van der Waals surface area (Å²) in [5.41, 5.74) is 3.14. The lowest BCUT2D eigenvalue weighted by Crippen LogP contribution is -2.20. The molecule has 2 aromatic carbocycles. The highest BCUT2D eigenvalue weighted by Crippen LogP contribution is 2.32. The van der Waals surface area contributed by atoms with Crippen LogP contribution in [0.25, 0.3) is 0 Å². The van der Waals surface area contributed by atoms with Gasteiger partial charge in [-0.15, -0.1) is 0 Å². The summed E-state index contributed by atoms with van der Waals surface area (Å²) < 4.78 is 13.6. The first-order valence-electron chi connectivity index (χ1n) is 6.98. The van der Waals surface area contributed by atoms with E-state index in [-0.39, 0.29) is 11.1 Å². The highest BCUT2D eigenvalue weighted by molar-refractivity contribution is 6.36. The molecule has 21 heavy (non-hydrogen) atoms. The van der Waals surface area contributed by atoms with Gasteiger partial charge in [0, 0.05) is 23.2 Å². The number of rotatable bonds is 5. The van der Waals surface area contributed by atoms with E-state index < -0.39 is 5.82 Å². The van der Waals surface area contributed by atoms with Crippen molar-refractivity contribution in [3.05, 3.63) is 69.0 Å². The molecule has 0 fully saturated rings. The zero-order chi connectivity index (χ0) is 15.4. The molecule has 0 bridgehead atoms. The fraction of sp³-hybridized carbons (Fsp3) is 0.294. The summed E-state index contributed by atoms with van der Waals surface area (Å²) in [5.74, 6) is -0.446. The van der Waals surface area contributed by atoms with Gasteiger partial charge in [-0.3, -0.25) is 0 Å². The maximum absolute atomic E-state index is 13.6. The first kappa shape index (κ1) is 16.3. The van der Waals surface area contributed by atoms with Gasteiger partial charge in [0.15, 0.2) is 0 Å². The molecule has 0 aromatic heterocycles. The van der Waals surface area contributed by atoms with Gasteiger partial charge >= 0.3 is 0 Å². The van der Waals surface area contributed by atoms with Crippen molar-refractivity contribution in [3.8, 4) is 0 Å². The minimum atomic E-state index is -0.446. The fourth-order valence-corrected chi connectivity index (χ4v) is 3.08. The molecule has 112 valence electrons. The molecular formula is C17H18Cl2FN. The SMILES string of the molecule is CCc1ccccc1CNC(C)c1c(Cl)ccc(F)c1Cl. The van der Waals surface area contributed by atoms with Gasteiger partial charge in [-0.2, -0.15) is 0 Å². The van der Waals surface area contributed by atoms with Crippen LogP contribution in [0.3, 0.4) is 0 Å². The highest BCUT2D eigenvalue weighted by atomic mass is 35.5. The summed E-state index contributed by atoms with van der Waals surface area (Å²) >= 11 is 12.2. The van der Waals surface area contributed by atoms with Crippen molar-refractivity contribution < 1.29 is 4.39 Å². The summed E-state index contributed by atoms with van der Waals surface area (Å²) in [4.78, 5) is 0. The Hall–Kier alpha value is -1.09. The van der Waals surface area contributed by atoms with Gasteiger partial charge in [0.25, 0.3) is 0 Å².